The van der Waals surface area contributed by atoms with Crippen LogP contribution in [0.1, 0.15) is 0 Å². The lowest BCUT2D eigenvalue weighted by Gasteiger charge is -2.21. The van der Waals surface area contributed by atoms with Crippen molar-refractivity contribution in [3.05, 3.63) is 267 Å². The first-order chi connectivity index (χ1) is 32.7. The minimum atomic E-state index is 1.19. The molecule has 0 amide bonds. The molecule has 12 rings (SSSR count). The van der Waals surface area contributed by atoms with Crippen molar-refractivity contribution in [2.45, 2.75) is 0 Å². The Morgan fingerprint density at radius 3 is 0.803 bits per heavy atom. The number of fused-ring (bicyclic) bond motifs is 3. The third kappa shape index (κ3) is 7.16. The van der Waals surface area contributed by atoms with Gasteiger partial charge in [-0.2, -0.15) is 0 Å². The highest BCUT2D eigenvalue weighted by atomic mass is 14.2. The topological polar surface area (TPSA) is 0 Å². The highest BCUT2D eigenvalue weighted by Gasteiger charge is 2.21. The largest absolute Gasteiger partial charge is 0.0622 e. The highest BCUT2D eigenvalue weighted by Crippen LogP contribution is 2.48. The van der Waals surface area contributed by atoms with Crippen LogP contribution in [-0.4, -0.2) is 0 Å². The lowest BCUT2D eigenvalue weighted by atomic mass is 9.82. The van der Waals surface area contributed by atoms with E-state index < -0.39 is 0 Å². The molecule has 0 aliphatic carbocycles. The molecular formula is C66H44. The van der Waals surface area contributed by atoms with Gasteiger partial charge in [-0.15, -0.1) is 0 Å². The summed E-state index contributed by atoms with van der Waals surface area (Å²) in [6.45, 7) is 0. The van der Waals surface area contributed by atoms with Crippen molar-refractivity contribution in [1.82, 2.24) is 0 Å². The average molecular weight is 837 g/mol. The molecule has 0 unspecified atom stereocenters. The third-order valence-electron chi connectivity index (χ3n) is 13.3. The van der Waals surface area contributed by atoms with E-state index in [2.05, 4.69) is 267 Å². The summed E-state index contributed by atoms with van der Waals surface area (Å²) in [4.78, 5) is 0. The fourth-order valence-electron chi connectivity index (χ4n) is 10.0. The molecule has 12 aromatic rings. The predicted molar refractivity (Wildman–Crippen MR) is 282 cm³/mol. The van der Waals surface area contributed by atoms with Gasteiger partial charge in [-0.3, -0.25) is 0 Å². The molecule has 0 aromatic heterocycles. The summed E-state index contributed by atoms with van der Waals surface area (Å²) < 4.78 is 0. The van der Waals surface area contributed by atoms with Gasteiger partial charge in [0.1, 0.15) is 0 Å². The molecule has 0 radical (unpaired) electrons. The highest BCUT2D eigenvalue weighted by molar-refractivity contribution is 6.24. The predicted octanol–water partition coefficient (Wildman–Crippen LogP) is 18.5. The van der Waals surface area contributed by atoms with Gasteiger partial charge in [-0.25, -0.2) is 0 Å². The molecule has 0 bridgehead atoms. The zero-order valence-corrected chi connectivity index (χ0v) is 36.4. The van der Waals surface area contributed by atoms with Crippen LogP contribution in [0.2, 0.25) is 0 Å². The molecule has 0 saturated heterocycles. The van der Waals surface area contributed by atoms with Gasteiger partial charge in [0.2, 0.25) is 0 Å². The lowest BCUT2D eigenvalue weighted by Crippen LogP contribution is -1.94. The molecule has 0 aliphatic heterocycles. The van der Waals surface area contributed by atoms with E-state index in [1.807, 2.05) is 0 Å². The fraction of sp³-hybridized carbons (Fsp3) is 0. The second kappa shape index (κ2) is 16.8. The normalized spacial score (nSPS) is 11.3. The van der Waals surface area contributed by atoms with Gasteiger partial charge < -0.3 is 0 Å². The Morgan fingerprint density at radius 2 is 0.424 bits per heavy atom. The smallest absolute Gasteiger partial charge is 0.00259 e. The third-order valence-corrected chi connectivity index (χ3v) is 13.3. The zero-order valence-electron chi connectivity index (χ0n) is 36.4. The molecule has 0 atom stereocenters. The van der Waals surface area contributed by atoms with Crippen molar-refractivity contribution < 1.29 is 0 Å². The molecular weight excluding hydrogens is 793 g/mol. The maximum Gasteiger partial charge on any atom is -0.00259 e. The van der Waals surface area contributed by atoms with Crippen LogP contribution in [0.5, 0.6) is 0 Å². The maximum absolute atomic E-state index is 2.43. The molecule has 0 spiro atoms. The molecule has 0 aliphatic rings. The number of hydrogen-bond donors (Lipinski definition) is 0. The monoisotopic (exact) mass is 836 g/mol. The molecule has 0 fully saturated rings. The van der Waals surface area contributed by atoms with Crippen molar-refractivity contribution >= 4 is 32.3 Å². The van der Waals surface area contributed by atoms with E-state index in [9.17, 15) is 0 Å². The van der Waals surface area contributed by atoms with Crippen LogP contribution < -0.4 is 0 Å². The molecule has 0 nitrogen and oxygen atoms in total. The van der Waals surface area contributed by atoms with Crippen LogP contribution in [0.15, 0.2) is 267 Å². The van der Waals surface area contributed by atoms with Crippen molar-refractivity contribution in [2.24, 2.45) is 0 Å². The number of rotatable bonds is 8. The van der Waals surface area contributed by atoms with E-state index in [0.717, 1.165) is 0 Å². The molecule has 12 aromatic carbocycles. The maximum atomic E-state index is 2.43. The van der Waals surface area contributed by atoms with Gasteiger partial charge in [0.25, 0.3) is 0 Å². The van der Waals surface area contributed by atoms with E-state index >= 15 is 0 Å². The van der Waals surface area contributed by atoms with Crippen molar-refractivity contribution in [3.8, 4) is 89.0 Å². The minimum absolute atomic E-state index is 1.19. The zero-order chi connectivity index (χ0) is 43.8. The molecule has 308 valence electrons. The summed E-state index contributed by atoms with van der Waals surface area (Å²) in [5, 5.41) is 7.40. The van der Waals surface area contributed by atoms with Crippen LogP contribution in [0, 0.1) is 0 Å². The van der Waals surface area contributed by atoms with E-state index in [-0.39, 0.29) is 0 Å². The van der Waals surface area contributed by atoms with Crippen LogP contribution in [0.3, 0.4) is 0 Å². The van der Waals surface area contributed by atoms with Crippen LogP contribution in [0.25, 0.3) is 121 Å². The number of hydrogen-bond acceptors (Lipinski definition) is 0. The summed E-state index contributed by atoms with van der Waals surface area (Å²) >= 11 is 0. The molecule has 0 saturated carbocycles. The molecule has 0 heterocycles. The first-order valence-electron chi connectivity index (χ1n) is 22.8. The Hall–Kier alpha value is -8.58. The van der Waals surface area contributed by atoms with Crippen LogP contribution >= 0.6 is 0 Å². The Kier molecular flexibility index (Phi) is 9.97. The van der Waals surface area contributed by atoms with Crippen molar-refractivity contribution in [3.63, 3.8) is 0 Å². The summed E-state index contributed by atoms with van der Waals surface area (Å²) in [5.41, 5.74) is 19.4. The van der Waals surface area contributed by atoms with Gasteiger partial charge in [-0.05, 0) is 146 Å². The van der Waals surface area contributed by atoms with Gasteiger partial charge in [-0.1, -0.05) is 243 Å². The second-order valence-electron chi connectivity index (χ2n) is 17.2. The van der Waals surface area contributed by atoms with Gasteiger partial charge in [0.05, 0.1) is 0 Å². The first-order valence-corrected chi connectivity index (χ1v) is 22.8. The Labute approximate surface area is 386 Å². The molecule has 66 heavy (non-hydrogen) atoms. The summed E-state index contributed by atoms with van der Waals surface area (Å²) in [5.74, 6) is 0. The van der Waals surface area contributed by atoms with Gasteiger partial charge in [0.15, 0.2) is 0 Å². The fourth-order valence-corrected chi connectivity index (χ4v) is 10.0. The minimum Gasteiger partial charge on any atom is -0.0622 e. The van der Waals surface area contributed by atoms with Crippen molar-refractivity contribution in [2.75, 3.05) is 0 Å². The Morgan fingerprint density at radius 1 is 0.152 bits per heavy atom. The summed E-state index contributed by atoms with van der Waals surface area (Å²) in [6, 6.07) is 97.9. The van der Waals surface area contributed by atoms with Crippen LogP contribution in [-0.2, 0) is 0 Å². The molecule has 0 heteroatoms. The van der Waals surface area contributed by atoms with Gasteiger partial charge in [0, 0.05) is 0 Å². The average Bonchev–Trinajstić information content (AvgIpc) is 3.40. The van der Waals surface area contributed by atoms with E-state index in [1.165, 1.54) is 121 Å². The van der Waals surface area contributed by atoms with Gasteiger partial charge >= 0.3 is 0 Å². The molecule has 0 N–H and O–H groups in total. The van der Waals surface area contributed by atoms with E-state index in [1.54, 1.807) is 0 Å². The second-order valence-corrected chi connectivity index (χ2v) is 17.2. The van der Waals surface area contributed by atoms with Crippen molar-refractivity contribution in [1.29, 1.82) is 0 Å². The first kappa shape index (κ1) is 39.0. The van der Waals surface area contributed by atoms with E-state index in [4.69, 9.17) is 0 Å². The summed E-state index contributed by atoms with van der Waals surface area (Å²) in [6.07, 6.45) is 0. The van der Waals surface area contributed by atoms with E-state index in [0.29, 0.717) is 0 Å². The lowest BCUT2D eigenvalue weighted by molar-refractivity contribution is 1.56. The standard InChI is InChI=1S/C66H44/c1-5-17-45(18-6-1)47-29-33-51(34-30-47)57-39-37-55(43-61(57)49-21-9-3-10-22-49)65-59-27-15-16-28-60(59)66(64-42-54-26-14-13-25-53(54)41-63(64)65)56-38-40-58(62(44-56)50-23-11-4-12-24-50)52-35-31-48(32-36-52)46-19-7-2-8-20-46/h1-44H. The quantitative estimate of drug-likeness (QED) is 0.134. The SMILES string of the molecule is c1ccc(-c2ccc(-c3ccc(-c4c5ccccc5c(-c5ccc(-c6ccc(-c7ccccc7)cc6)c(-c6ccccc6)c5)c5cc6ccccc6cc45)cc3-c3ccccc3)cc2)cc1. The summed E-state index contributed by atoms with van der Waals surface area (Å²) in [7, 11) is 0. The number of benzene rings is 12. The van der Waals surface area contributed by atoms with Crippen LogP contribution in [0.4, 0.5) is 0 Å². The Balaban J connectivity index is 1.07. The Bertz CT molecular complexity index is 3440.